The fourth-order valence-corrected chi connectivity index (χ4v) is 2.43. The number of nitrogens with zero attached hydrogens (tertiary/aromatic N) is 1. The van der Waals surface area contributed by atoms with E-state index in [0.29, 0.717) is 5.69 Å². The molecule has 0 saturated heterocycles. The maximum absolute atomic E-state index is 12.5. The Morgan fingerprint density at radius 3 is 2.67 bits per heavy atom. The molecule has 0 saturated carbocycles. The first-order chi connectivity index (χ1) is 11.7. The van der Waals surface area contributed by atoms with E-state index < -0.39 is 11.5 Å². The minimum absolute atomic E-state index is 0.0752. The number of H-pyrrole nitrogens is 1. The van der Waals surface area contributed by atoms with Gasteiger partial charge in [0.15, 0.2) is 0 Å². The Morgan fingerprint density at radius 2 is 1.92 bits per heavy atom. The van der Waals surface area contributed by atoms with Gasteiger partial charge in [-0.3, -0.25) is 14.6 Å². The molecule has 0 aliphatic rings. The molecule has 2 N–H and O–H groups in total. The van der Waals surface area contributed by atoms with Gasteiger partial charge < -0.3 is 10.3 Å². The Morgan fingerprint density at radius 1 is 1.12 bits per heavy atom. The quantitative estimate of drug-likeness (QED) is 0.775. The first kappa shape index (κ1) is 15.7. The summed E-state index contributed by atoms with van der Waals surface area (Å²) in [6, 6.07) is 12.8. The van der Waals surface area contributed by atoms with E-state index in [0.717, 1.165) is 23.1 Å². The van der Waals surface area contributed by atoms with E-state index >= 15 is 0 Å². The molecule has 0 aliphatic heterocycles. The van der Waals surface area contributed by atoms with Crippen molar-refractivity contribution in [2.75, 3.05) is 5.32 Å². The van der Waals surface area contributed by atoms with Crippen molar-refractivity contribution in [3.05, 3.63) is 82.5 Å². The molecule has 3 aromatic rings. The minimum atomic E-state index is -0.430. The fourth-order valence-electron chi connectivity index (χ4n) is 2.43. The molecule has 1 amide bonds. The molecule has 1 aromatic carbocycles. The number of aromatic amines is 1. The van der Waals surface area contributed by atoms with Crippen molar-refractivity contribution < 1.29 is 4.79 Å². The molecule has 2 aromatic heterocycles. The van der Waals surface area contributed by atoms with Crippen LogP contribution in [0.3, 0.4) is 0 Å². The minimum Gasteiger partial charge on any atom is -0.328 e. The van der Waals surface area contributed by atoms with Crippen LogP contribution in [-0.4, -0.2) is 15.9 Å². The molecule has 0 bridgehead atoms. The molecule has 0 atom stereocenters. The van der Waals surface area contributed by atoms with Gasteiger partial charge in [-0.1, -0.05) is 19.1 Å². The number of amides is 1. The van der Waals surface area contributed by atoms with Gasteiger partial charge in [-0.2, -0.15) is 0 Å². The van der Waals surface area contributed by atoms with Crippen LogP contribution in [0.2, 0.25) is 0 Å². The highest BCUT2D eigenvalue weighted by Crippen LogP contribution is 2.18. The summed E-state index contributed by atoms with van der Waals surface area (Å²) in [5, 5.41) is 2.78. The first-order valence-corrected chi connectivity index (χ1v) is 7.71. The smallest absolute Gasteiger partial charge is 0.261 e. The monoisotopic (exact) mass is 319 g/mol. The number of nitrogens with one attached hydrogen (secondary N) is 2. The average molecular weight is 319 g/mol. The zero-order valence-electron chi connectivity index (χ0n) is 13.2. The summed E-state index contributed by atoms with van der Waals surface area (Å²) in [5.74, 6) is -0.430. The number of aromatic nitrogens is 2. The highest BCUT2D eigenvalue weighted by atomic mass is 16.2. The highest BCUT2D eigenvalue weighted by molar-refractivity contribution is 6.04. The van der Waals surface area contributed by atoms with Crippen LogP contribution in [0.1, 0.15) is 22.8 Å². The topological polar surface area (TPSA) is 74.8 Å². The van der Waals surface area contributed by atoms with Gasteiger partial charge in [-0.05, 0) is 53.4 Å². The van der Waals surface area contributed by atoms with Crippen LogP contribution in [0.15, 0.2) is 65.8 Å². The number of anilines is 1. The molecule has 0 spiro atoms. The molecule has 0 aliphatic carbocycles. The summed E-state index contributed by atoms with van der Waals surface area (Å²) in [5.41, 5.74) is 3.08. The van der Waals surface area contributed by atoms with Gasteiger partial charge in [0.1, 0.15) is 5.56 Å². The summed E-state index contributed by atoms with van der Waals surface area (Å²) >= 11 is 0. The lowest BCUT2D eigenvalue weighted by atomic mass is 10.1. The van der Waals surface area contributed by atoms with Crippen LogP contribution >= 0.6 is 0 Å². The third-order valence-electron chi connectivity index (χ3n) is 3.75. The molecule has 0 radical (unpaired) electrons. The van der Waals surface area contributed by atoms with Crippen molar-refractivity contribution in [1.82, 2.24) is 9.97 Å². The van der Waals surface area contributed by atoms with Crippen molar-refractivity contribution in [1.29, 1.82) is 0 Å². The number of pyridine rings is 2. The summed E-state index contributed by atoms with van der Waals surface area (Å²) in [4.78, 5) is 31.1. The van der Waals surface area contributed by atoms with Gasteiger partial charge in [-0.25, -0.2) is 0 Å². The Balaban J connectivity index is 1.90. The lowest BCUT2D eigenvalue weighted by Gasteiger charge is -2.08. The number of benzene rings is 1. The van der Waals surface area contributed by atoms with Crippen LogP contribution in [0.5, 0.6) is 0 Å². The molecule has 5 nitrogen and oxygen atoms in total. The summed E-state index contributed by atoms with van der Waals surface area (Å²) < 4.78 is 0. The predicted molar refractivity (Wildman–Crippen MR) is 94.1 cm³/mol. The molecule has 24 heavy (non-hydrogen) atoms. The predicted octanol–water partition coefficient (Wildman–Crippen LogP) is 3.25. The third-order valence-corrected chi connectivity index (χ3v) is 3.75. The standard InChI is InChI=1S/C19H17N3O2/c1-2-13-4-3-5-16(10-13)22-19(24)17-11-15(12-21-18(17)23)14-6-8-20-9-7-14/h3-12H,2H2,1H3,(H,21,23)(H,22,24). The van der Waals surface area contributed by atoms with Crippen molar-refractivity contribution in [3.8, 4) is 11.1 Å². The Bertz CT molecular complexity index is 917. The average Bonchev–Trinajstić information content (AvgIpc) is 2.63. The maximum atomic E-state index is 12.5. The van der Waals surface area contributed by atoms with Gasteiger partial charge in [0.25, 0.3) is 11.5 Å². The van der Waals surface area contributed by atoms with E-state index in [9.17, 15) is 9.59 Å². The lowest BCUT2D eigenvalue weighted by Crippen LogP contribution is -2.23. The SMILES string of the molecule is CCc1cccc(NC(=O)c2cc(-c3ccncc3)c[nH]c2=O)c1. The second-order valence-electron chi connectivity index (χ2n) is 5.38. The zero-order valence-corrected chi connectivity index (χ0v) is 13.2. The summed E-state index contributed by atoms with van der Waals surface area (Å²) in [6.07, 6.45) is 5.79. The molecular weight excluding hydrogens is 302 g/mol. The Kier molecular flexibility index (Phi) is 4.52. The van der Waals surface area contributed by atoms with Crippen LogP contribution in [0.4, 0.5) is 5.69 Å². The summed E-state index contributed by atoms with van der Waals surface area (Å²) in [7, 11) is 0. The maximum Gasteiger partial charge on any atom is 0.261 e. The largest absolute Gasteiger partial charge is 0.328 e. The van der Waals surface area contributed by atoms with Gasteiger partial charge in [-0.15, -0.1) is 0 Å². The molecule has 0 unspecified atom stereocenters. The van der Waals surface area contributed by atoms with E-state index in [1.807, 2.05) is 37.3 Å². The Labute approximate surface area is 139 Å². The number of hydrogen-bond donors (Lipinski definition) is 2. The van der Waals surface area contributed by atoms with E-state index in [1.165, 1.54) is 0 Å². The first-order valence-electron chi connectivity index (χ1n) is 7.71. The van der Waals surface area contributed by atoms with Crippen LogP contribution in [-0.2, 0) is 6.42 Å². The van der Waals surface area contributed by atoms with Gasteiger partial charge in [0.05, 0.1) is 0 Å². The number of carbonyl (C=O) groups is 1. The molecular formula is C19H17N3O2. The molecule has 0 fully saturated rings. The normalized spacial score (nSPS) is 10.4. The van der Waals surface area contributed by atoms with Crippen LogP contribution < -0.4 is 10.9 Å². The van der Waals surface area contributed by atoms with Crippen molar-refractivity contribution in [2.24, 2.45) is 0 Å². The number of aryl methyl sites for hydroxylation is 1. The van der Waals surface area contributed by atoms with Gasteiger partial charge >= 0.3 is 0 Å². The molecule has 5 heteroatoms. The molecule has 3 rings (SSSR count). The van der Waals surface area contributed by atoms with Crippen LogP contribution in [0, 0.1) is 0 Å². The number of hydrogen-bond acceptors (Lipinski definition) is 3. The second-order valence-corrected chi connectivity index (χ2v) is 5.38. The van der Waals surface area contributed by atoms with E-state index in [4.69, 9.17) is 0 Å². The Hall–Kier alpha value is -3.21. The highest BCUT2D eigenvalue weighted by Gasteiger charge is 2.12. The lowest BCUT2D eigenvalue weighted by molar-refractivity contribution is 0.102. The van der Waals surface area contributed by atoms with E-state index in [1.54, 1.807) is 30.7 Å². The van der Waals surface area contributed by atoms with Crippen molar-refractivity contribution in [2.45, 2.75) is 13.3 Å². The van der Waals surface area contributed by atoms with Crippen LogP contribution in [0.25, 0.3) is 11.1 Å². The molecule has 2 heterocycles. The van der Waals surface area contributed by atoms with Gasteiger partial charge in [0.2, 0.25) is 0 Å². The second kappa shape index (κ2) is 6.91. The number of carbonyl (C=O) groups excluding carboxylic acids is 1. The van der Waals surface area contributed by atoms with Gasteiger partial charge in [0, 0.05) is 24.3 Å². The summed E-state index contributed by atoms with van der Waals surface area (Å²) in [6.45, 7) is 2.05. The van der Waals surface area contributed by atoms with E-state index in [2.05, 4.69) is 15.3 Å². The third kappa shape index (κ3) is 3.41. The zero-order chi connectivity index (χ0) is 16.9. The van der Waals surface area contributed by atoms with Crippen molar-refractivity contribution >= 4 is 11.6 Å². The van der Waals surface area contributed by atoms with E-state index in [-0.39, 0.29) is 5.56 Å². The van der Waals surface area contributed by atoms with Crippen molar-refractivity contribution in [3.63, 3.8) is 0 Å². The fraction of sp³-hybridized carbons (Fsp3) is 0.105. The molecule has 120 valence electrons. The number of rotatable bonds is 4.